The number of hydrogen-bond donors (Lipinski definition) is 1. The number of aryl methyl sites for hydroxylation is 1. The van der Waals surface area contributed by atoms with Crippen LogP contribution >= 0.6 is 11.8 Å². The molecule has 130 valence electrons. The van der Waals surface area contributed by atoms with Gasteiger partial charge in [0, 0.05) is 30.1 Å². The summed E-state index contributed by atoms with van der Waals surface area (Å²) in [6, 6.07) is 15.9. The van der Waals surface area contributed by atoms with Crippen molar-refractivity contribution in [1.82, 2.24) is 5.32 Å². The van der Waals surface area contributed by atoms with E-state index < -0.39 is 0 Å². The lowest BCUT2D eigenvalue weighted by molar-refractivity contribution is -0.126. The molecule has 1 fully saturated rings. The van der Waals surface area contributed by atoms with Crippen LogP contribution in [0.2, 0.25) is 0 Å². The third-order valence-corrected chi connectivity index (χ3v) is 5.30. The van der Waals surface area contributed by atoms with Crippen molar-refractivity contribution in [3.8, 4) is 0 Å². The third-order valence-electron chi connectivity index (χ3n) is 4.58. The quantitative estimate of drug-likeness (QED) is 0.838. The number of amides is 2. The maximum Gasteiger partial charge on any atom is 0.227 e. The highest BCUT2D eigenvalue weighted by atomic mass is 32.2. The van der Waals surface area contributed by atoms with Gasteiger partial charge in [-0.3, -0.25) is 9.59 Å². The van der Waals surface area contributed by atoms with Crippen LogP contribution in [-0.2, 0) is 16.1 Å². The monoisotopic (exact) mass is 354 g/mol. The number of anilines is 1. The first-order valence-corrected chi connectivity index (χ1v) is 9.57. The molecule has 2 aromatic carbocycles. The second-order valence-electron chi connectivity index (χ2n) is 6.25. The first-order valence-electron chi connectivity index (χ1n) is 8.35. The van der Waals surface area contributed by atoms with Crippen LogP contribution in [0.3, 0.4) is 0 Å². The van der Waals surface area contributed by atoms with Gasteiger partial charge in [0.2, 0.25) is 11.8 Å². The maximum absolute atomic E-state index is 12.5. The van der Waals surface area contributed by atoms with E-state index in [9.17, 15) is 9.59 Å². The predicted molar refractivity (Wildman–Crippen MR) is 102 cm³/mol. The Hall–Kier alpha value is -2.27. The molecule has 1 heterocycles. The van der Waals surface area contributed by atoms with Gasteiger partial charge in [-0.2, -0.15) is 0 Å². The topological polar surface area (TPSA) is 49.4 Å². The zero-order chi connectivity index (χ0) is 17.8. The molecule has 1 aliphatic heterocycles. The van der Waals surface area contributed by atoms with E-state index in [0.717, 1.165) is 21.7 Å². The molecule has 1 N–H and O–H groups in total. The Labute approximate surface area is 152 Å². The average Bonchev–Trinajstić information content (AvgIpc) is 3.03. The Kier molecular flexibility index (Phi) is 5.43. The molecule has 1 unspecified atom stereocenters. The number of rotatable bonds is 5. The number of hydrogen-bond acceptors (Lipinski definition) is 3. The van der Waals surface area contributed by atoms with Crippen molar-refractivity contribution in [2.24, 2.45) is 5.92 Å². The molecule has 0 saturated carbocycles. The second kappa shape index (κ2) is 7.74. The summed E-state index contributed by atoms with van der Waals surface area (Å²) in [6.07, 6.45) is 2.27. The average molecular weight is 354 g/mol. The lowest BCUT2D eigenvalue weighted by Gasteiger charge is -2.17. The van der Waals surface area contributed by atoms with Crippen molar-refractivity contribution in [2.45, 2.75) is 24.8 Å². The van der Waals surface area contributed by atoms with Crippen LogP contribution in [-0.4, -0.2) is 24.6 Å². The summed E-state index contributed by atoms with van der Waals surface area (Å²) in [5, 5.41) is 2.97. The van der Waals surface area contributed by atoms with Gasteiger partial charge in [-0.15, -0.1) is 11.8 Å². The van der Waals surface area contributed by atoms with Crippen LogP contribution in [0, 0.1) is 12.8 Å². The van der Waals surface area contributed by atoms with E-state index in [1.54, 1.807) is 16.7 Å². The second-order valence-corrected chi connectivity index (χ2v) is 7.13. The highest BCUT2D eigenvalue weighted by molar-refractivity contribution is 7.98. The molecule has 0 spiro atoms. The van der Waals surface area contributed by atoms with Crippen molar-refractivity contribution < 1.29 is 9.59 Å². The largest absolute Gasteiger partial charge is 0.352 e. The normalized spacial score (nSPS) is 17.0. The van der Waals surface area contributed by atoms with Gasteiger partial charge < -0.3 is 10.2 Å². The van der Waals surface area contributed by atoms with Crippen LogP contribution in [0.5, 0.6) is 0 Å². The summed E-state index contributed by atoms with van der Waals surface area (Å²) >= 11 is 1.64. The van der Waals surface area contributed by atoms with Gasteiger partial charge in [0.05, 0.1) is 5.92 Å². The standard InChI is InChI=1S/C20H22N2O2S/c1-14-6-3-4-7-15(14)12-21-20(24)16-10-19(23)22(13-16)17-8-5-9-18(11-17)25-2/h3-9,11,16H,10,12-13H2,1-2H3,(H,21,24). The summed E-state index contributed by atoms with van der Waals surface area (Å²) in [5.41, 5.74) is 3.12. The number of benzene rings is 2. The van der Waals surface area contributed by atoms with Crippen LogP contribution in [0.15, 0.2) is 53.4 Å². The zero-order valence-corrected chi connectivity index (χ0v) is 15.3. The molecule has 3 rings (SSSR count). The van der Waals surface area contributed by atoms with Crippen LogP contribution in [0.1, 0.15) is 17.5 Å². The minimum absolute atomic E-state index is 0.00861. The van der Waals surface area contributed by atoms with Crippen molar-refractivity contribution in [3.63, 3.8) is 0 Å². The van der Waals surface area contributed by atoms with Crippen LogP contribution in [0.4, 0.5) is 5.69 Å². The van der Waals surface area contributed by atoms with Crippen molar-refractivity contribution in [1.29, 1.82) is 0 Å². The van der Waals surface area contributed by atoms with E-state index in [4.69, 9.17) is 0 Å². The molecule has 1 atom stereocenters. The highest BCUT2D eigenvalue weighted by Gasteiger charge is 2.35. The minimum atomic E-state index is -0.297. The molecule has 0 bridgehead atoms. The number of carbonyl (C=O) groups is 2. The number of carbonyl (C=O) groups excluding carboxylic acids is 2. The third kappa shape index (κ3) is 4.04. The molecule has 2 amide bonds. The summed E-state index contributed by atoms with van der Waals surface area (Å²) in [4.78, 5) is 27.7. The molecule has 1 saturated heterocycles. The van der Waals surface area contributed by atoms with E-state index >= 15 is 0 Å². The fraction of sp³-hybridized carbons (Fsp3) is 0.300. The van der Waals surface area contributed by atoms with Gasteiger partial charge in [-0.1, -0.05) is 30.3 Å². The summed E-state index contributed by atoms with van der Waals surface area (Å²) < 4.78 is 0. The van der Waals surface area contributed by atoms with Crippen LogP contribution in [0.25, 0.3) is 0 Å². The molecule has 2 aromatic rings. The molecule has 1 aliphatic rings. The van der Waals surface area contributed by atoms with E-state index in [2.05, 4.69) is 5.32 Å². The Morgan fingerprint density at radius 1 is 1.24 bits per heavy atom. The van der Waals surface area contributed by atoms with E-state index in [-0.39, 0.29) is 24.2 Å². The van der Waals surface area contributed by atoms with Crippen molar-refractivity contribution in [3.05, 3.63) is 59.7 Å². The zero-order valence-electron chi connectivity index (χ0n) is 14.5. The van der Waals surface area contributed by atoms with Gasteiger partial charge in [0.1, 0.15) is 0 Å². The minimum Gasteiger partial charge on any atom is -0.352 e. The number of nitrogens with zero attached hydrogens (tertiary/aromatic N) is 1. The fourth-order valence-corrected chi connectivity index (χ4v) is 3.50. The van der Waals surface area contributed by atoms with Gasteiger partial charge in [-0.05, 0) is 42.5 Å². The lowest BCUT2D eigenvalue weighted by atomic mass is 10.1. The van der Waals surface area contributed by atoms with Gasteiger partial charge >= 0.3 is 0 Å². The molecule has 0 aliphatic carbocycles. The summed E-state index contributed by atoms with van der Waals surface area (Å²) in [7, 11) is 0. The Balaban J connectivity index is 1.63. The SMILES string of the molecule is CSc1cccc(N2CC(C(=O)NCc3ccccc3C)CC2=O)c1. The predicted octanol–water partition coefficient (Wildman–Crippen LogP) is 3.39. The Morgan fingerprint density at radius 2 is 2.04 bits per heavy atom. The number of thioether (sulfide) groups is 1. The molecular weight excluding hydrogens is 332 g/mol. The summed E-state index contributed by atoms with van der Waals surface area (Å²) in [5.74, 6) is -0.344. The lowest BCUT2D eigenvalue weighted by Crippen LogP contribution is -2.32. The van der Waals surface area contributed by atoms with Gasteiger partial charge in [0.15, 0.2) is 0 Å². The maximum atomic E-state index is 12.5. The van der Waals surface area contributed by atoms with E-state index in [1.165, 1.54) is 0 Å². The molecule has 25 heavy (non-hydrogen) atoms. The first-order chi connectivity index (χ1) is 12.1. The van der Waals surface area contributed by atoms with Gasteiger partial charge in [-0.25, -0.2) is 0 Å². The molecule has 5 heteroatoms. The molecule has 4 nitrogen and oxygen atoms in total. The summed E-state index contributed by atoms with van der Waals surface area (Å²) in [6.45, 7) is 2.97. The molecular formula is C20H22N2O2S. The molecule has 0 aromatic heterocycles. The highest BCUT2D eigenvalue weighted by Crippen LogP contribution is 2.28. The Bertz CT molecular complexity index is 791. The first kappa shape index (κ1) is 17.5. The van der Waals surface area contributed by atoms with Crippen molar-refractivity contribution >= 4 is 29.3 Å². The fourth-order valence-electron chi connectivity index (χ4n) is 3.05. The van der Waals surface area contributed by atoms with E-state index in [0.29, 0.717) is 13.1 Å². The Morgan fingerprint density at radius 3 is 2.80 bits per heavy atom. The molecule has 0 radical (unpaired) electrons. The van der Waals surface area contributed by atoms with Crippen LogP contribution < -0.4 is 10.2 Å². The smallest absolute Gasteiger partial charge is 0.227 e. The van der Waals surface area contributed by atoms with Gasteiger partial charge in [0.25, 0.3) is 0 Å². The number of nitrogens with one attached hydrogen (secondary N) is 1. The van der Waals surface area contributed by atoms with Crippen molar-refractivity contribution in [2.75, 3.05) is 17.7 Å². The van der Waals surface area contributed by atoms with E-state index in [1.807, 2.05) is 61.7 Å².